The summed E-state index contributed by atoms with van der Waals surface area (Å²) in [6.45, 7) is 3.10. The molecule has 25 heavy (non-hydrogen) atoms. The van der Waals surface area contributed by atoms with Crippen molar-refractivity contribution >= 4 is 5.97 Å². The van der Waals surface area contributed by atoms with Crippen LogP contribution in [-0.4, -0.2) is 36.6 Å². The number of rotatable bonds is 4. The number of ether oxygens (including phenoxy) is 1. The third-order valence-electron chi connectivity index (χ3n) is 6.83. The zero-order chi connectivity index (χ0) is 17.1. The van der Waals surface area contributed by atoms with Crippen LogP contribution in [0.1, 0.15) is 63.4 Å². The maximum absolute atomic E-state index is 13.1. The van der Waals surface area contributed by atoms with E-state index in [4.69, 9.17) is 4.74 Å². The fourth-order valence-corrected chi connectivity index (χ4v) is 5.44. The molecule has 0 bridgehead atoms. The highest BCUT2D eigenvalue weighted by molar-refractivity contribution is 5.83. The maximum atomic E-state index is 13.1. The molecule has 136 valence electrons. The van der Waals surface area contributed by atoms with Gasteiger partial charge in [-0.15, -0.1) is 0 Å². The van der Waals surface area contributed by atoms with Gasteiger partial charge in [0.15, 0.2) is 0 Å². The van der Waals surface area contributed by atoms with Crippen molar-refractivity contribution in [1.29, 1.82) is 0 Å². The molecule has 0 aromatic heterocycles. The Morgan fingerprint density at radius 3 is 2.56 bits per heavy atom. The first-order valence-corrected chi connectivity index (χ1v) is 10.3. The van der Waals surface area contributed by atoms with Crippen LogP contribution >= 0.6 is 0 Å². The van der Waals surface area contributed by atoms with Crippen LogP contribution in [0.4, 0.5) is 0 Å². The molecule has 1 aliphatic carbocycles. The quantitative estimate of drug-likeness (QED) is 0.765. The molecule has 3 fully saturated rings. The van der Waals surface area contributed by atoms with Crippen LogP contribution in [0.25, 0.3) is 0 Å². The Labute approximate surface area is 151 Å². The largest absolute Gasteiger partial charge is 0.465 e. The highest BCUT2D eigenvalue weighted by Crippen LogP contribution is 2.42. The highest BCUT2D eigenvalue weighted by Gasteiger charge is 2.44. The first-order chi connectivity index (χ1) is 12.3. The van der Waals surface area contributed by atoms with Crippen LogP contribution in [0, 0.1) is 5.92 Å². The summed E-state index contributed by atoms with van der Waals surface area (Å²) in [7, 11) is 0. The topological polar surface area (TPSA) is 29.5 Å². The van der Waals surface area contributed by atoms with E-state index in [1.165, 1.54) is 45.2 Å². The highest BCUT2D eigenvalue weighted by atomic mass is 16.5. The number of fused-ring (bicyclic) bond motifs is 1. The predicted molar refractivity (Wildman–Crippen MR) is 99.5 cm³/mol. The van der Waals surface area contributed by atoms with E-state index < -0.39 is 0 Å². The van der Waals surface area contributed by atoms with Gasteiger partial charge in [-0.25, -0.2) is 0 Å². The standard InChI is InChI=1S/C22H31NO2/c24-21(22(13-5-6-14-22)19-10-2-1-3-11-19)25-17-18-9-8-16-23-15-7-4-12-20(18)23/h1-3,10-11,18,20H,4-9,12-17H2/t18-,20-/m1/s1. The number of carbonyl (C=O) groups is 1. The molecular weight excluding hydrogens is 310 g/mol. The van der Waals surface area contributed by atoms with Crippen molar-refractivity contribution < 1.29 is 9.53 Å². The van der Waals surface area contributed by atoms with Crippen LogP contribution < -0.4 is 0 Å². The maximum Gasteiger partial charge on any atom is 0.316 e. The molecule has 2 saturated heterocycles. The van der Waals surface area contributed by atoms with E-state index in [-0.39, 0.29) is 11.4 Å². The summed E-state index contributed by atoms with van der Waals surface area (Å²) in [5, 5.41) is 0. The van der Waals surface area contributed by atoms with Gasteiger partial charge in [0.1, 0.15) is 0 Å². The molecule has 2 heterocycles. The number of esters is 1. The van der Waals surface area contributed by atoms with Gasteiger partial charge in [0.2, 0.25) is 0 Å². The monoisotopic (exact) mass is 341 g/mol. The van der Waals surface area contributed by atoms with Crippen LogP contribution in [0.15, 0.2) is 30.3 Å². The lowest BCUT2D eigenvalue weighted by atomic mass is 9.79. The van der Waals surface area contributed by atoms with Gasteiger partial charge < -0.3 is 4.74 Å². The third-order valence-corrected chi connectivity index (χ3v) is 6.83. The first kappa shape index (κ1) is 17.1. The van der Waals surface area contributed by atoms with Crippen molar-refractivity contribution in [2.24, 2.45) is 5.92 Å². The summed E-state index contributed by atoms with van der Waals surface area (Å²) >= 11 is 0. The van der Waals surface area contributed by atoms with Gasteiger partial charge in [0.05, 0.1) is 12.0 Å². The van der Waals surface area contributed by atoms with E-state index in [2.05, 4.69) is 17.0 Å². The Morgan fingerprint density at radius 2 is 1.76 bits per heavy atom. The van der Waals surface area contributed by atoms with Gasteiger partial charge in [0.25, 0.3) is 0 Å². The van der Waals surface area contributed by atoms with Crippen LogP contribution in [0.3, 0.4) is 0 Å². The zero-order valence-electron chi connectivity index (χ0n) is 15.3. The summed E-state index contributed by atoms with van der Waals surface area (Å²) in [5.41, 5.74) is 0.766. The number of carbonyl (C=O) groups excluding carboxylic acids is 1. The molecule has 0 N–H and O–H groups in total. The smallest absolute Gasteiger partial charge is 0.316 e. The predicted octanol–water partition coefficient (Wildman–Crippen LogP) is 4.31. The molecule has 4 rings (SSSR count). The van der Waals surface area contributed by atoms with Gasteiger partial charge >= 0.3 is 5.97 Å². The number of piperidine rings is 2. The van der Waals surface area contributed by atoms with Crippen molar-refractivity contribution in [2.75, 3.05) is 19.7 Å². The average molecular weight is 341 g/mol. The normalized spacial score (nSPS) is 29.1. The molecule has 3 nitrogen and oxygen atoms in total. The van der Waals surface area contributed by atoms with Crippen molar-refractivity contribution in [3.8, 4) is 0 Å². The molecule has 0 amide bonds. The van der Waals surface area contributed by atoms with Crippen LogP contribution in [0.5, 0.6) is 0 Å². The van der Waals surface area contributed by atoms with E-state index in [1.54, 1.807) is 0 Å². The Bertz CT molecular complexity index is 577. The summed E-state index contributed by atoms with van der Waals surface area (Å²) in [4.78, 5) is 15.8. The molecular formula is C22H31NO2. The lowest BCUT2D eigenvalue weighted by Gasteiger charge is -2.44. The Morgan fingerprint density at radius 1 is 1.00 bits per heavy atom. The van der Waals surface area contributed by atoms with Gasteiger partial charge in [-0.3, -0.25) is 9.69 Å². The second kappa shape index (κ2) is 7.49. The summed E-state index contributed by atoms with van der Waals surface area (Å²) in [6, 6.07) is 11.0. The second-order valence-corrected chi connectivity index (χ2v) is 8.26. The molecule has 0 radical (unpaired) electrons. The fraction of sp³-hybridized carbons (Fsp3) is 0.682. The zero-order valence-corrected chi connectivity index (χ0v) is 15.3. The average Bonchev–Trinajstić information content (AvgIpc) is 3.18. The molecule has 3 aliphatic rings. The Balaban J connectivity index is 1.44. The first-order valence-electron chi connectivity index (χ1n) is 10.3. The molecule has 2 aliphatic heterocycles. The minimum Gasteiger partial charge on any atom is -0.465 e. The lowest BCUT2D eigenvalue weighted by molar-refractivity contribution is -0.153. The number of hydrogen-bond acceptors (Lipinski definition) is 3. The molecule has 1 aromatic carbocycles. The Hall–Kier alpha value is -1.35. The Kier molecular flexibility index (Phi) is 5.12. The van der Waals surface area contributed by atoms with Crippen molar-refractivity contribution in [1.82, 2.24) is 4.90 Å². The molecule has 0 spiro atoms. The molecule has 3 heteroatoms. The number of hydrogen-bond donors (Lipinski definition) is 0. The molecule has 0 unspecified atom stereocenters. The minimum atomic E-state index is -0.387. The van der Waals surface area contributed by atoms with E-state index in [0.717, 1.165) is 31.2 Å². The summed E-state index contributed by atoms with van der Waals surface area (Å²) < 4.78 is 6.01. The van der Waals surface area contributed by atoms with Crippen LogP contribution in [0.2, 0.25) is 0 Å². The van der Waals surface area contributed by atoms with Gasteiger partial charge in [-0.2, -0.15) is 0 Å². The van der Waals surface area contributed by atoms with Crippen molar-refractivity contribution in [3.63, 3.8) is 0 Å². The van der Waals surface area contributed by atoms with Gasteiger partial charge in [-0.05, 0) is 57.2 Å². The minimum absolute atomic E-state index is 0.0316. The number of benzene rings is 1. The summed E-state index contributed by atoms with van der Waals surface area (Å²) in [6.07, 6.45) is 10.6. The number of nitrogens with zero attached hydrogens (tertiary/aromatic N) is 1. The third kappa shape index (κ3) is 3.36. The summed E-state index contributed by atoms with van der Waals surface area (Å²) in [5.74, 6) is 0.566. The van der Waals surface area contributed by atoms with Crippen LogP contribution in [-0.2, 0) is 14.9 Å². The second-order valence-electron chi connectivity index (χ2n) is 8.26. The fourth-order valence-electron chi connectivity index (χ4n) is 5.44. The molecule has 2 atom stereocenters. The van der Waals surface area contributed by atoms with Crippen molar-refractivity contribution in [2.45, 2.75) is 69.2 Å². The van der Waals surface area contributed by atoms with E-state index in [1.807, 2.05) is 18.2 Å². The SMILES string of the molecule is O=C(OC[C@H]1CCCN2CCCC[C@H]12)C1(c2ccccc2)CCCC1. The van der Waals surface area contributed by atoms with E-state index in [0.29, 0.717) is 18.6 Å². The lowest BCUT2D eigenvalue weighted by Crippen LogP contribution is -2.49. The molecule has 1 aromatic rings. The van der Waals surface area contributed by atoms with E-state index >= 15 is 0 Å². The van der Waals surface area contributed by atoms with Crippen molar-refractivity contribution in [3.05, 3.63) is 35.9 Å². The van der Waals surface area contributed by atoms with E-state index in [9.17, 15) is 4.79 Å². The van der Waals surface area contributed by atoms with Gasteiger partial charge in [-0.1, -0.05) is 49.6 Å². The molecule has 1 saturated carbocycles. The van der Waals surface area contributed by atoms with Gasteiger partial charge in [0, 0.05) is 12.0 Å².